The molecule has 0 saturated carbocycles. The minimum Gasteiger partial charge on any atom is -0.354 e. The molecule has 0 aliphatic rings. The third kappa shape index (κ3) is 3.73. The van der Waals surface area contributed by atoms with Gasteiger partial charge in [-0.25, -0.2) is 0 Å². The number of aromatic nitrogens is 1. The summed E-state index contributed by atoms with van der Waals surface area (Å²) in [5.41, 5.74) is 3.86. The molecular formula is C19H16ClN3O. The van der Waals surface area contributed by atoms with Crippen molar-refractivity contribution in [2.24, 2.45) is 0 Å². The molecule has 3 rings (SSSR count). The van der Waals surface area contributed by atoms with Gasteiger partial charge in [0.1, 0.15) is 0 Å². The zero-order chi connectivity index (χ0) is 16.9. The van der Waals surface area contributed by atoms with E-state index >= 15 is 0 Å². The van der Waals surface area contributed by atoms with Crippen LogP contribution in [0.2, 0.25) is 5.02 Å². The summed E-state index contributed by atoms with van der Waals surface area (Å²) in [7, 11) is 0. The molecule has 4 nitrogen and oxygen atoms in total. The molecule has 0 aliphatic carbocycles. The van der Waals surface area contributed by atoms with Gasteiger partial charge < -0.3 is 10.6 Å². The summed E-state index contributed by atoms with van der Waals surface area (Å²) in [4.78, 5) is 16.5. The third-order valence-electron chi connectivity index (χ3n) is 3.55. The SMILES string of the molecule is Cc1ccccc1Nc1cncc(C(=O)Nc2ccccc2Cl)c1. The quantitative estimate of drug-likeness (QED) is 0.701. The maximum Gasteiger partial charge on any atom is 0.257 e. The van der Waals surface area contributed by atoms with Crippen molar-refractivity contribution in [1.29, 1.82) is 0 Å². The number of hydrogen-bond acceptors (Lipinski definition) is 3. The van der Waals surface area contributed by atoms with Crippen LogP contribution >= 0.6 is 11.6 Å². The minimum absolute atomic E-state index is 0.260. The summed E-state index contributed by atoms with van der Waals surface area (Å²) in [5.74, 6) is -0.260. The van der Waals surface area contributed by atoms with Gasteiger partial charge in [-0.15, -0.1) is 0 Å². The van der Waals surface area contributed by atoms with Crippen LogP contribution < -0.4 is 10.6 Å². The Balaban J connectivity index is 1.79. The van der Waals surface area contributed by atoms with Gasteiger partial charge in [0.05, 0.1) is 28.2 Å². The van der Waals surface area contributed by atoms with E-state index in [0.29, 0.717) is 16.3 Å². The highest BCUT2D eigenvalue weighted by molar-refractivity contribution is 6.33. The highest BCUT2D eigenvalue weighted by atomic mass is 35.5. The molecule has 2 aromatic carbocycles. The number of nitrogens with zero attached hydrogens (tertiary/aromatic N) is 1. The second-order valence-electron chi connectivity index (χ2n) is 5.34. The number of rotatable bonds is 4. The fourth-order valence-corrected chi connectivity index (χ4v) is 2.44. The number of carbonyl (C=O) groups is 1. The normalized spacial score (nSPS) is 10.2. The van der Waals surface area contributed by atoms with Gasteiger partial charge in [-0.05, 0) is 36.8 Å². The number of amides is 1. The van der Waals surface area contributed by atoms with Crippen LogP contribution in [0, 0.1) is 6.92 Å². The maximum absolute atomic E-state index is 12.4. The van der Waals surface area contributed by atoms with E-state index in [1.165, 1.54) is 6.20 Å². The van der Waals surface area contributed by atoms with E-state index in [1.807, 2.05) is 43.3 Å². The molecular weight excluding hydrogens is 322 g/mol. The second kappa shape index (κ2) is 7.15. The van der Waals surface area contributed by atoms with Crippen molar-refractivity contribution < 1.29 is 4.79 Å². The first-order valence-corrected chi connectivity index (χ1v) is 7.85. The van der Waals surface area contributed by atoms with Crippen LogP contribution in [-0.2, 0) is 0 Å². The number of pyridine rings is 1. The molecule has 24 heavy (non-hydrogen) atoms. The minimum atomic E-state index is -0.260. The summed E-state index contributed by atoms with van der Waals surface area (Å²) in [6.07, 6.45) is 3.20. The van der Waals surface area contributed by atoms with Gasteiger partial charge in [-0.2, -0.15) is 0 Å². The number of hydrogen-bond donors (Lipinski definition) is 2. The summed E-state index contributed by atoms with van der Waals surface area (Å²) < 4.78 is 0. The van der Waals surface area contributed by atoms with Gasteiger partial charge in [0.2, 0.25) is 0 Å². The lowest BCUT2D eigenvalue weighted by Gasteiger charge is -2.11. The lowest BCUT2D eigenvalue weighted by molar-refractivity contribution is 0.102. The first-order chi connectivity index (χ1) is 11.6. The van der Waals surface area contributed by atoms with Crippen molar-refractivity contribution in [2.45, 2.75) is 6.92 Å². The molecule has 0 spiro atoms. The van der Waals surface area contributed by atoms with E-state index in [0.717, 1.165) is 16.9 Å². The molecule has 5 heteroatoms. The van der Waals surface area contributed by atoms with Crippen LogP contribution in [-0.4, -0.2) is 10.9 Å². The van der Waals surface area contributed by atoms with Crippen LogP contribution in [0.4, 0.5) is 17.1 Å². The number of benzene rings is 2. The Morgan fingerprint density at radius 3 is 2.46 bits per heavy atom. The predicted octanol–water partition coefficient (Wildman–Crippen LogP) is 5.04. The lowest BCUT2D eigenvalue weighted by atomic mass is 10.2. The van der Waals surface area contributed by atoms with Crippen molar-refractivity contribution in [3.8, 4) is 0 Å². The average Bonchev–Trinajstić information content (AvgIpc) is 2.59. The molecule has 0 saturated heterocycles. The molecule has 0 bridgehead atoms. The Kier molecular flexibility index (Phi) is 4.77. The monoisotopic (exact) mass is 337 g/mol. The first-order valence-electron chi connectivity index (χ1n) is 7.47. The summed E-state index contributed by atoms with van der Waals surface area (Å²) in [6, 6.07) is 16.8. The highest BCUT2D eigenvalue weighted by Gasteiger charge is 2.10. The first kappa shape index (κ1) is 16.0. The smallest absolute Gasteiger partial charge is 0.257 e. The largest absolute Gasteiger partial charge is 0.354 e. The van der Waals surface area contributed by atoms with Crippen molar-refractivity contribution in [3.05, 3.63) is 83.1 Å². The van der Waals surface area contributed by atoms with Crippen molar-refractivity contribution >= 4 is 34.6 Å². The average molecular weight is 338 g/mol. The fourth-order valence-electron chi connectivity index (χ4n) is 2.26. The van der Waals surface area contributed by atoms with Crippen LogP contribution in [0.25, 0.3) is 0 Å². The van der Waals surface area contributed by atoms with Crippen LogP contribution in [0.5, 0.6) is 0 Å². The van der Waals surface area contributed by atoms with E-state index in [-0.39, 0.29) is 5.91 Å². The summed E-state index contributed by atoms with van der Waals surface area (Å²) >= 11 is 6.07. The van der Waals surface area contributed by atoms with E-state index in [9.17, 15) is 4.79 Å². The number of carbonyl (C=O) groups excluding carboxylic acids is 1. The Labute approximate surface area is 145 Å². The molecule has 120 valence electrons. The standard InChI is InChI=1S/C19H16ClN3O/c1-13-6-2-4-8-17(13)22-15-10-14(11-21-12-15)19(24)23-18-9-5-3-7-16(18)20/h2-12,22H,1H3,(H,23,24). The number of aryl methyl sites for hydroxylation is 1. The molecule has 2 N–H and O–H groups in total. The molecule has 0 aliphatic heterocycles. The van der Waals surface area contributed by atoms with Gasteiger partial charge in [0.15, 0.2) is 0 Å². The van der Waals surface area contributed by atoms with E-state index in [4.69, 9.17) is 11.6 Å². The summed E-state index contributed by atoms with van der Waals surface area (Å²) in [6.45, 7) is 2.02. The highest BCUT2D eigenvalue weighted by Crippen LogP contribution is 2.23. The molecule has 0 atom stereocenters. The topological polar surface area (TPSA) is 54.0 Å². The zero-order valence-electron chi connectivity index (χ0n) is 13.1. The lowest BCUT2D eigenvalue weighted by Crippen LogP contribution is -2.12. The van der Waals surface area contributed by atoms with E-state index in [1.54, 1.807) is 24.4 Å². The van der Waals surface area contributed by atoms with Crippen molar-refractivity contribution in [1.82, 2.24) is 4.98 Å². The molecule has 1 heterocycles. The molecule has 0 fully saturated rings. The maximum atomic E-state index is 12.4. The van der Waals surface area contributed by atoms with Gasteiger partial charge in [-0.1, -0.05) is 41.9 Å². The number of anilines is 3. The van der Waals surface area contributed by atoms with Crippen molar-refractivity contribution in [3.63, 3.8) is 0 Å². The number of para-hydroxylation sites is 2. The number of halogens is 1. The third-order valence-corrected chi connectivity index (χ3v) is 3.88. The van der Waals surface area contributed by atoms with Crippen LogP contribution in [0.1, 0.15) is 15.9 Å². The molecule has 1 aromatic heterocycles. The van der Waals surface area contributed by atoms with E-state index < -0.39 is 0 Å². The zero-order valence-corrected chi connectivity index (χ0v) is 13.8. The Morgan fingerprint density at radius 2 is 1.71 bits per heavy atom. The van der Waals surface area contributed by atoms with Crippen molar-refractivity contribution in [2.75, 3.05) is 10.6 Å². The summed E-state index contributed by atoms with van der Waals surface area (Å²) in [5, 5.41) is 6.56. The fraction of sp³-hybridized carbons (Fsp3) is 0.0526. The molecule has 0 unspecified atom stereocenters. The van der Waals surface area contributed by atoms with Crippen LogP contribution in [0.15, 0.2) is 67.0 Å². The predicted molar refractivity (Wildman–Crippen MR) is 98.1 cm³/mol. The Morgan fingerprint density at radius 1 is 1.00 bits per heavy atom. The van der Waals surface area contributed by atoms with E-state index in [2.05, 4.69) is 15.6 Å². The van der Waals surface area contributed by atoms with Gasteiger partial charge in [-0.3, -0.25) is 9.78 Å². The second-order valence-corrected chi connectivity index (χ2v) is 5.74. The van der Waals surface area contributed by atoms with Gasteiger partial charge in [0.25, 0.3) is 5.91 Å². The Bertz CT molecular complexity index is 880. The molecule has 0 radical (unpaired) electrons. The van der Waals surface area contributed by atoms with Crippen LogP contribution in [0.3, 0.4) is 0 Å². The Hall–Kier alpha value is -2.85. The molecule has 1 amide bonds. The van der Waals surface area contributed by atoms with Gasteiger partial charge in [0, 0.05) is 11.9 Å². The molecule has 3 aromatic rings. The number of nitrogens with one attached hydrogen (secondary N) is 2. The van der Waals surface area contributed by atoms with Gasteiger partial charge >= 0.3 is 0 Å².